The summed E-state index contributed by atoms with van der Waals surface area (Å²) in [4.78, 5) is 12.0. The maximum Gasteiger partial charge on any atom is 0.573 e. The Hall–Kier alpha value is -1.60. The molecule has 22 heavy (non-hydrogen) atoms. The fraction of sp³-hybridized carbons (Fsp3) is 0.308. The van der Waals surface area contributed by atoms with Gasteiger partial charge in [-0.15, -0.1) is 13.2 Å². The van der Waals surface area contributed by atoms with Crippen LogP contribution in [-0.2, 0) is 4.79 Å². The van der Waals surface area contributed by atoms with Gasteiger partial charge in [0.15, 0.2) is 0 Å². The molecule has 2 rings (SSSR count). The van der Waals surface area contributed by atoms with Gasteiger partial charge in [-0.3, -0.25) is 4.79 Å². The van der Waals surface area contributed by atoms with E-state index in [1.54, 1.807) is 13.8 Å². The van der Waals surface area contributed by atoms with Gasteiger partial charge in [0, 0.05) is 5.56 Å². The molecule has 1 aromatic carbocycles. The summed E-state index contributed by atoms with van der Waals surface area (Å²) in [6, 6.07) is 1.74. The molecule has 1 aliphatic heterocycles. The average Bonchev–Trinajstić information content (AvgIpc) is 2.48. The third-order valence-electron chi connectivity index (χ3n) is 2.98. The molecule has 1 aromatic rings. The van der Waals surface area contributed by atoms with Gasteiger partial charge in [0.05, 0.1) is 21.2 Å². The second kappa shape index (κ2) is 5.24. The van der Waals surface area contributed by atoms with Gasteiger partial charge >= 0.3 is 6.36 Å². The Labute approximate surface area is 133 Å². The number of rotatable bonds is 2. The first-order chi connectivity index (χ1) is 9.92. The number of aliphatic hydroxyl groups excluding tert-OH is 1. The lowest BCUT2D eigenvalue weighted by Crippen LogP contribution is -2.38. The number of nitrogens with one attached hydrogen (secondary N) is 1. The van der Waals surface area contributed by atoms with E-state index in [4.69, 9.17) is 23.2 Å². The zero-order valence-electron chi connectivity index (χ0n) is 11.3. The molecule has 0 saturated carbocycles. The van der Waals surface area contributed by atoms with Crippen LogP contribution in [0, 0.1) is 0 Å². The van der Waals surface area contributed by atoms with Crippen LogP contribution in [0.15, 0.2) is 17.9 Å². The molecule has 0 unspecified atom stereocenters. The minimum absolute atomic E-state index is 0.0570. The number of ether oxygens (including phenoxy) is 1. The summed E-state index contributed by atoms with van der Waals surface area (Å²) in [7, 11) is 0. The lowest BCUT2D eigenvalue weighted by Gasteiger charge is -2.17. The van der Waals surface area contributed by atoms with Crippen LogP contribution in [0.5, 0.6) is 5.75 Å². The van der Waals surface area contributed by atoms with E-state index >= 15 is 0 Å². The summed E-state index contributed by atoms with van der Waals surface area (Å²) in [6.07, 6.45) is -4.90. The molecule has 4 nitrogen and oxygen atoms in total. The number of hydrogen-bond donors (Lipinski definition) is 2. The van der Waals surface area contributed by atoms with Crippen molar-refractivity contribution in [2.24, 2.45) is 0 Å². The summed E-state index contributed by atoms with van der Waals surface area (Å²) < 4.78 is 40.4. The summed E-state index contributed by atoms with van der Waals surface area (Å²) >= 11 is 11.8. The van der Waals surface area contributed by atoms with Gasteiger partial charge < -0.3 is 15.2 Å². The summed E-state index contributed by atoms with van der Waals surface area (Å²) in [5.41, 5.74) is -1.27. The Bertz CT molecular complexity index is 661. The Balaban J connectivity index is 2.55. The van der Waals surface area contributed by atoms with Crippen molar-refractivity contribution in [2.45, 2.75) is 25.7 Å². The Morgan fingerprint density at radius 2 is 1.73 bits per heavy atom. The van der Waals surface area contributed by atoms with Crippen LogP contribution < -0.4 is 10.1 Å². The van der Waals surface area contributed by atoms with Crippen molar-refractivity contribution in [2.75, 3.05) is 0 Å². The molecule has 0 fully saturated rings. The Morgan fingerprint density at radius 1 is 1.23 bits per heavy atom. The zero-order chi connectivity index (χ0) is 16.9. The van der Waals surface area contributed by atoms with Crippen LogP contribution >= 0.6 is 23.2 Å². The highest BCUT2D eigenvalue weighted by atomic mass is 35.5. The van der Waals surface area contributed by atoms with Crippen LogP contribution in [0.1, 0.15) is 19.4 Å². The van der Waals surface area contributed by atoms with Crippen molar-refractivity contribution in [1.29, 1.82) is 0 Å². The molecule has 0 spiro atoms. The highest BCUT2D eigenvalue weighted by Gasteiger charge is 2.40. The van der Waals surface area contributed by atoms with Gasteiger partial charge in [-0.25, -0.2) is 0 Å². The van der Waals surface area contributed by atoms with Gasteiger partial charge in [0.1, 0.15) is 11.5 Å². The lowest BCUT2D eigenvalue weighted by atomic mass is 9.99. The van der Waals surface area contributed by atoms with E-state index in [-0.39, 0.29) is 26.9 Å². The van der Waals surface area contributed by atoms with Crippen molar-refractivity contribution in [3.63, 3.8) is 0 Å². The molecule has 1 amide bonds. The van der Waals surface area contributed by atoms with Gasteiger partial charge in [-0.05, 0) is 26.0 Å². The largest absolute Gasteiger partial charge is 0.573 e. The highest BCUT2D eigenvalue weighted by molar-refractivity contribution is 6.41. The molecule has 0 bridgehead atoms. The third kappa shape index (κ3) is 3.10. The van der Waals surface area contributed by atoms with Crippen LogP contribution in [0.25, 0.3) is 5.57 Å². The standard InChI is InChI=1S/C13H10Cl2F3NO3/c1-12(2)10(20)9(11(21)19-12)8-6(14)3-5(4-7(8)15)22-13(16,17)18/h3-4,20H,1-2H3,(H,19,21). The lowest BCUT2D eigenvalue weighted by molar-refractivity contribution is -0.274. The first-order valence-corrected chi connectivity index (χ1v) is 6.69. The Morgan fingerprint density at radius 3 is 2.09 bits per heavy atom. The van der Waals surface area contributed by atoms with Crippen LogP contribution in [0.3, 0.4) is 0 Å². The van der Waals surface area contributed by atoms with Crippen LogP contribution in [0.2, 0.25) is 10.0 Å². The van der Waals surface area contributed by atoms with E-state index in [0.29, 0.717) is 0 Å². The van der Waals surface area contributed by atoms with Gasteiger partial charge in [0.25, 0.3) is 5.91 Å². The molecule has 2 N–H and O–H groups in total. The topological polar surface area (TPSA) is 58.6 Å². The van der Waals surface area contributed by atoms with Gasteiger partial charge in [-0.1, -0.05) is 23.2 Å². The first kappa shape index (κ1) is 16.8. The number of alkyl halides is 3. The van der Waals surface area contributed by atoms with Crippen LogP contribution in [0.4, 0.5) is 13.2 Å². The first-order valence-electron chi connectivity index (χ1n) is 5.94. The molecule has 0 atom stereocenters. The van der Waals surface area contributed by atoms with Gasteiger partial charge in [-0.2, -0.15) is 0 Å². The summed E-state index contributed by atoms with van der Waals surface area (Å²) in [5, 5.41) is 12.1. The number of benzene rings is 1. The number of halogens is 5. The van der Waals surface area contributed by atoms with Gasteiger partial charge in [0.2, 0.25) is 0 Å². The number of carbonyl (C=O) groups excluding carboxylic acids is 1. The number of aliphatic hydroxyl groups is 1. The van der Waals surface area contributed by atoms with E-state index in [1.165, 1.54) is 0 Å². The number of hydrogen-bond acceptors (Lipinski definition) is 3. The Kier molecular flexibility index (Phi) is 3.99. The molecular weight excluding hydrogens is 346 g/mol. The molecular formula is C13H10Cl2F3NO3. The van der Waals surface area contributed by atoms with Crippen molar-refractivity contribution in [3.05, 3.63) is 33.5 Å². The van der Waals surface area contributed by atoms with Crippen LogP contribution in [-0.4, -0.2) is 22.9 Å². The van der Waals surface area contributed by atoms with Crippen molar-refractivity contribution in [3.8, 4) is 5.75 Å². The van der Waals surface area contributed by atoms with E-state index < -0.39 is 23.6 Å². The molecule has 0 aromatic heterocycles. The summed E-state index contributed by atoms with van der Waals surface area (Å²) in [5.74, 6) is -1.55. The average molecular weight is 356 g/mol. The molecule has 1 aliphatic rings. The molecule has 1 heterocycles. The molecule has 0 radical (unpaired) electrons. The van der Waals surface area contributed by atoms with Crippen molar-refractivity contribution < 1.29 is 27.8 Å². The van der Waals surface area contributed by atoms with E-state index in [2.05, 4.69) is 10.1 Å². The fourth-order valence-corrected chi connectivity index (χ4v) is 2.69. The summed E-state index contributed by atoms with van der Waals surface area (Å²) in [6.45, 7) is 3.10. The minimum atomic E-state index is -4.90. The zero-order valence-corrected chi connectivity index (χ0v) is 12.8. The number of carbonyl (C=O) groups is 1. The fourth-order valence-electron chi connectivity index (χ4n) is 2.04. The maximum absolute atomic E-state index is 12.2. The molecule has 9 heteroatoms. The van der Waals surface area contributed by atoms with Crippen molar-refractivity contribution in [1.82, 2.24) is 5.32 Å². The predicted octanol–water partition coefficient (Wildman–Crippen LogP) is 4.07. The molecule has 120 valence electrons. The molecule has 0 saturated heterocycles. The second-order valence-corrected chi connectivity index (χ2v) is 5.93. The monoisotopic (exact) mass is 355 g/mol. The maximum atomic E-state index is 12.2. The highest BCUT2D eigenvalue weighted by Crippen LogP contribution is 2.41. The second-order valence-electron chi connectivity index (χ2n) is 5.11. The normalized spacial score (nSPS) is 17.7. The van der Waals surface area contributed by atoms with Crippen molar-refractivity contribution >= 4 is 34.7 Å². The van der Waals surface area contributed by atoms with E-state index in [9.17, 15) is 23.1 Å². The predicted molar refractivity (Wildman–Crippen MR) is 74.9 cm³/mol. The number of amides is 1. The quantitative estimate of drug-likeness (QED) is 0.840. The molecule has 0 aliphatic carbocycles. The smallest absolute Gasteiger partial charge is 0.509 e. The third-order valence-corrected chi connectivity index (χ3v) is 3.58. The SMILES string of the molecule is CC1(C)NC(=O)C(c2c(Cl)cc(OC(F)(F)F)cc2Cl)=C1O. The van der Waals surface area contributed by atoms with E-state index in [1.807, 2.05) is 0 Å². The van der Waals surface area contributed by atoms with E-state index in [0.717, 1.165) is 12.1 Å². The minimum Gasteiger partial charge on any atom is -0.509 e.